The van der Waals surface area contributed by atoms with Crippen molar-refractivity contribution >= 4 is 11.9 Å². The van der Waals surface area contributed by atoms with Crippen molar-refractivity contribution in [2.24, 2.45) is 34.5 Å². The van der Waals surface area contributed by atoms with E-state index >= 15 is 0 Å². The van der Waals surface area contributed by atoms with Crippen molar-refractivity contribution in [1.29, 1.82) is 0 Å². The molecule has 1 N–H and O–H groups in total. The van der Waals surface area contributed by atoms with E-state index in [1.807, 2.05) is 6.07 Å². The maximum Gasteiger partial charge on any atom is 0.159 e. The normalized spacial score (nSPS) is 48.1. The third-order valence-corrected chi connectivity index (χ3v) is 10.1. The number of fused-ring (bicyclic) bond motifs is 5. The van der Waals surface area contributed by atoms with Gasteiger partial charge in [0.25, 0.3) is 0 Å². The van der Waals surface area contributed by atoms with Gasteiger partial charge in [-0.05, 0) is 104 Å². The van der Waals surface area contributed by atoms with Gasteiger partial charge in [-0.3, -0.25) is 4.79 Å². The molecule has 29 heavy (non-hydrogen) atoms. The molecule has 7 atom stereocenters. The summed E-state index contributed by atoms with van der Waals surface area (Å²) in [6.07, 6.45) is 10.8. The van der Waals surface area contributed by atoms with Crippen LogP contribution >= 0.6 is 0 Å². The lowest BCUT2D eigenvalue weighted by Gasteiger charge is -2.61. The summed E-state index contributed by atoms with van der Waals surface area (Å²) in [4.78, 5) is 13.0. The minimum absolute atomic E-state index is 0.0740. The number of carbonyl (C=O) groups excluding carboxylic acids is 1. The predicted octanol–water partition coefficient (Wildman–Crippen LogP) is 6.04. The summed E-state index contributed by atoms with van der Waals surface area (Å²) in [6.45, 7) is 6.94. The first kappa shape index (κ1) is 19.5. The number of ketones is 1. The largest absolute Gasteiger partial charge is 0.390 e. The van der Waals surface area contributed by atoms with Gasteiger partial charge in [0.2, 0.25) is 0 Å². The molecule has 0 bridgehead atoms. The summed E-state index contributed by atoms with van der Waals surface area (Å²) < 4.78 is 0. The fourth-order valence-electron chi connectivity index (χ4n) is 8.13. The number of benzene rings is 1. The van der Waals surface area contributed by atoms with Crippen LogP contribution in [0.15, 0.2) is 35.9 Å². The molecule has 4 aliphatic carbocycles. The second-order valence-electron chi connectivity index (χ2n) is 11.3. The number of aliphatic hydroxyl groups is 1. The molecular formula is C27H36O2. The Morgan fingerprint density at radius 3 is 2.45 bits per heavy atom. The monoisotopic (exact) mass is 392 g/mol. The van der Waals surface area contributed by atoms with Crippen LogP contribution in [0, 0.1) is 34.5 Å². The Bertz CT molecular complexity index is 837. The van der Waals surface area contributed by atoms with Crippen LogP contribution in [0.3, 0.4) is 0 Å². The SMILES string of the molecule is C[C@]12CC(=Cc3ccccc3)C(=O)C[C@@H]1CC[C@H]1[C@H]2CC[C@@]2(C)[C@H]1CC[C@]2(C)O. The first-order valence-corrected chi connectivity index (χ1v) is 11.8. The summed E-state index contributed by atoms with van der Waals surface area (Å²) in [5.41, 5.74) is 1.98. The van der Waals surface area contributed by atoms with Gasteiger partial charge >= 0.3 is 0 Å². The lowest BCUT2D eigenvalue weighted by atomic mass is 9.44. The molecule has 0 amide bonds. The molecule has 1 aromatic rings. The van der Waals surface area contributed by atoms with Gasteiger partial charge in [-0.25, -0.2) is 0 Å². The fourth-order valence-corrected chi connectivity index (χ4v) is 8.13. The first-order chi connectivity index (χ1) is 13.7. The van der Waals surface area contributed by atoms with Crippen molar-refractivity contribution < 1.29 is 9.90 Å². The summed E-state index contributed by atoms with van der Waals surface area (Å²) in [7, 11) is 0. The molecule has 4 fully saturated rings. The number of hydrogen-bond donors (Lipinski definition) is 1. The van der Waals surface area contributed by atoms with Gasteiger partial charge in [0.15, 0.2) is 5.78 Å². The van der Waals surface area contributed by atoms with E-state index < -0.39 is 5.60 Å². The average molecular weight is 393 g/mol. The van der Waals surface area contributed by atoms with Crippen LogP contribution < -0.4 is 0 Å². The quantitative estimate of drug-likeness (QED) is 0.591. The summed E-state index contributed by atoms with van der Waals surface area (Å²) in [5, 5.41) is 11.1. The average Bonchev–Trinajstić information content (AvgIpc) is 2.93. The lowest BCUT2D eigenvalue weighted by Crippen LogP contribution is -2.56. The van der Waals surface area contributed by atoms with Crippen LogP contribution in [-0.2, 0) is 4.79 Å². The second-order valence-corrected chi connectivity index (χ2v) is 11.3. The molecule has 0 aliphatic heterocycles. The third-order valence-electron chi connectivity index (χ3n) is 10.1. The van der Waals surface area contributed by atoms with E-state index in [9.17, 15) is 9.90 Å². The molecule has 0 aromatic heterocycles. The molecule has 4 aliphatic rings. The molecular weight excluding hydrogens is 356 g/mol. The van der Waals surface area contributed by atoms with Crippen LogP contribution in [0.1, 0.15) is 77.7 Å². The van der Waals surface area contributed by atoms with E-state index in [0.717, 1.165) is 42.7 Å². The number of hydrogen-bond acceptors (Lipinski definition) is 2. The molecule has 0 unspecified atom stereocenters. The van der Waals surface area contributed by atoms with Crippen molar-refractivity contribution in [1.82, 2.24) is 0 Å². The first-order valence-electron chi connectivity index (χ1n) is 11.8. The van der Waals surface area contributed by atoms with Crippen molar-refractivity contribution in [3.63, 3.8) is 0 Å². The lowest BCUT2D eigenvalue weighted by molar-refractivity contribution is -0.147. The zero-order chi connectivity index (χ0) is 20.4. The third kappa shape index (κ3) is 2.81. The summed E-state index contributed by atoms with van der Waals surface area (Å²) >= 11 is 0. The zero-order valence-corrected chi connectivity index (χ0v) is 18.3. The van der Waals surface area contributed by atoms with E-state index in [4.69, 9.17) is 0 Å². The minimum Gasteiger partial charge on any atom is -0.390 e. The highest BCUT2D eigenvalue weighted by molar-refractivity contribution is 6.00. The zero-order valence-electron chi connectivity index (χ0n) is 18.3. The molecule has 0 saturated heterocycles. The van der Waals surface area contributed by atoms with Crippen molar-refractivity contribution in [3.05, 3.63) is 41.5 Å². The molecule has 2 nitrogen and oxygen atoms in total. The molecule has 5 rings (SSSR count). The molecule has 156 valence electrons. The van der Waals surface area contributed by atoms with Gasteiger partial charge in [0.1, 0.15) is 0 Å². The second kappa shape index (κ2) is 6.54. The Morgan fingerprint density at radius 2 is 1.69 bits per heavy atom. The van der Waals surface area contributed by atoms with Crippen molar-refractivity contribution in [2.75, 3.05) is 0 Å². The van der Waals surface area contributed by atoms with E-state index in [2.05, 4.69) is 51.1 Å². The van der Waals surface area contributed by atoms with Crippen LogP contribution in [-0.4, -0.2) is 16.5 Å². The van der Waals surface area contributed by atoms with Gasteiger partial charge in [-0.2, -0.15) is 0 Å². The summed E-state index contributed by atoms with van der Waals surface area (Å²) in [5.74, 6) is 2.97. The van der Waals surface area contributed by atoms with E-state index in [1.54, 1.807) is 0 Å². The highest BCUT2D eigenvalue weighted by Gasteiger charge is 2.63. The van der Waals surface area contributed by atoms with Gasteiger partial charge in [-0.1, -0.05) is 44.2 Å². The maximum absolute atomic E-state index is 13.0. The standard InChI is InChI=1S/C27H36O2/c1-25-17-19(15-18-7-5-4-6-8-18)24(28)16-20(25)9-10-21-22(25)11-13-26(2)23(21)12-14-27(26,3)29/h4-8,15,20-23,29H,9-14,16-17H2,1-3H3/t20-,21-,22+,23-,25-,26-,27-/m0/s1. The molecule has 2 heteroatoms. The van der Waals surface area contributed by atoms with Crippen LogP contribution in [0.4, 0.5) is 0 Å². The fraction of sp³-hybridized carbons (Fsp3) is 0.667. The molecule has 4 saturated carbocycles. The van der Waals surface area contributed by atoms with Crippen molar-refractivity contribution in [3.8, 4) is 0 Å². The van der Waals surface area contributed by atoms with E-state index in [0.29, 0.717) is 23.5 Å². The Hall–Kier alpha value is -1.41. The minimum atomic E-state index is -0.513. The van der Waals surface area contributed by atoms with E-state index in [1.165, 1.54) is 25.7 Å². The Labute approximate surface area is 175 Å². The Kier molecular flexibility index (Phi) is 4.41. The maximum atomic E-state index is 13.0. The molecule has 1 aromatic carbocycles. The molecule has 0 spiro atoms. The predicted molar refractivity (Wildman–Crippen MR) is 117 cm³/mol. The number of carbonyl (C=O) groups is 1. The Balaban J connectivity index is 1.46. The van der Waals surface area contributed by atoms with Crippen LogP contribution in [0.2, 0.25) is 0 Å². The van der Waals surface area contributed by atoms with Gasteiger partial charge in [0, 0.05) is 6.42 Å². The Morgan fingerprint density at radius 1 is 0.966 bits per heavy atom. The van der Waals surface area contributed by atoms with Crippen LogP contribution in [0.25, 0.3) is 6.08 Å². The number of rotatable bonds is 1. The van der Waals surface area contributed by atoms with Crippen molar-refractivity contribution in [2.45, 2.75) is 77.7 Å². The number of allylic oxidation sites excluding steroid dienone is 1. The van der Waals surface area contributed by atoms with Gasteiger partial charge in [0.05, 0.1) is 5.60 Å². The smallest absolute Gasteiger partial charge is 0.159 e. The topological polar surface area (TPSA) is 37.3 Å². The van der Waals surface area contributed by atoms with Gasteiger partial charge in [-0.15, -0.1) is 0 Å². The number of Topliss-reactive ketones (excluding diaryl/α,β-unsaturated/α-hetero) is 1. The summed E-state index contributed by atoms with van der Waals surface area (Å²) in [6, 6.07) is 10.3. The van der Waals surface area contributed by atoms with Gasteiger partial charge < -0.3 is 5.11 Å². The highest BCUT2D eigenvalue weighted by Crippen LogP contribution is 2.68. The van der Waals surface area contributed by atoms with E-state index in [-0.39, 0.29) is 10.8 Å². The molecule has 0 heterocycles. The van der Waals surface area contributed by atoms with Crippen LogP contribution in [0.5, 0.6) is 0 Å². The molecule has 0 radical (unpaired) electrons. The highest BCUT2D eigenvalue weighted by atomic mass is 16.3.